The van der Waals surface area contributed by atoms with Crippen molar-refractivity contribution in [1.82, 2.24) is 0 Å². The molecular formula is C16H25N3O. The molecule has 1 aliphatic rings. The number of anilines is 2. The molecule has 0 heterocycles. The van der Waals surface area contributed by atoms with Crippen molar-refractivity contribution in [3.05, 3.63) is 23.8 Å². The molecule has 2 unspecified atom stereocenters. The number of rotatable bonds is 5. The summed E-state index contributed by atoms with van der Waals surface area (Å²) in [5.74, 6) is 0.606. The van der Waals surface area contributed by atoms with E-state index in [0.717, 1.165) is 23.5 Å². The number of carbonyl (C=O) groups excluding carboxylic acids is 1. The molecule has 1 fully saturated rings. The normalized spacial score (nSPS) is 21.8. The van der Waals surface area contributed by atoms with Crippen LogP contribution < -0.4 is 16.4 Å². The number of hydrogen-bond donors (Lipinski definition) is 3. The molecule has 1 saturated carbocycles. The summed E-state index contributed by atoms with van der Waals surface area (Å²) < 4.78 is 0. The van der Waals surface area contributed by atoms with E-state index in [4.69, 9.17) is 5.73 Å². The van der Waals surface area contributed by atoms with Gasteiger partial charge in [0, 0.05) is 23.8 Å². The Hall–Kier alpha value is -1.55. The monoisotopic (exact) mass is 275 g/mol. The van der Waals surface area contributed by atoms with Gasteiger partial charge in [0.1, 0.15) is 0 Å². The Labute approximate surface area is 121 Å². The first kappa shape index (κ1) is 14.9. The number of nitrogens with one attached hydrogen (secondary N) is 2. The van der Waals surface area contributed by atoms with E-state index in [1.165, 1.54) is 19.3 Å². The van der Waals surface area contributed by atoms with E-state index in [9.17, 15) is 4.79 Å². The van der Waals surface area contributed by atoms with E-state index in [0.29, 0.717) is 18.4 Å². The average molecular weight is 275 g/mol. The fourth-order valence-corrected chi connectivity index (χ4v) is 2.87. The molecule has 0 radical (unpaired) electrons. The zero-order valence-corrected chi connectivity index (χ0v) is 12.4. The first-order valence-electron chi connectivity index (χ1n) is 7.51. The summed E-state index contributed by atoms with van der Waals surface area (Å²) in [5, 5.41) is 6.56. The summed E-state index contributed by atoms with van der Waals surface area (Å²) in [5.41, 5.74) is 8.92. The summed E-state index contributed by atoms with van der Waals surface area (Å²) >= 11 is 0. The molecule has 0 bridgehead atoms. The molecule has 0 aromatic heterocycles. The average Bonchev–Trinajstić information content (AvgIpc) is 2.90. The van der Waals surface area contributed by atoms with Gasteiger partial charge in [-0.25, -0.2) is 0 Å². The molecule has 110 valence electrons. The fraction of sp³-hybridized carbons (Fsp3) is 0.562. The van der Waals surface area contributed by atoms with Gasteiger partial charge in [-0.15, -0.1) is 0 Å². The van der Waals surface area contributed by atoms with Crippen LogP contribution in [-0.4, -0.2) is 18.5 Å². The van der Waals surface area contributed by atoms with Gasteiger partial charge in [-0.3, -0.25) is 4.79 Å². The molecule has 4 N–H and O–H groups in total. The second kappa shape index (κ2) is 6.75. The molecule has 0 spiro atoms. The zero-order valence-electron chi connectivity index (χ0n) is 12.4. The van der Waals surface area contributed by atoms with E-state index in [2.05, 4.69) is 16.7 Å². The summed E-state index contributed by atoms with van der Waals surface area (Å²) in [4.78, 5) is 11.5. The molecule has 2 rings (SSSR count). The van der Waals surface area contributed by atoms with Crippen LogP contribution in [0.15, 0.2) is 18.2 Å². The van der Waals surface area contributed by atoms with Gasteiger partial charge in [0.15, 0.2) is 0 Å². The van der Waals surface area contributed by atoms with Gasteiger partial charge in [-0.2, -0.15) is 0 Å². The van der Waals surface area contributed by atoms with Gasteiger partial charge in [0.25, 0.3) is 0 Å². The Morgan fingerprint density at radius 1 is 1.35 bits per heavy atom. The lowest BCUT2D eigenvalue weighted by molar-refractivity contribution is -0.115. The van der Waals surface area contributed by atoms with Gasteiger partial charge in [-0.05, 0) is 49.9 Å². The van der Waals surface area contributed by atoms with Crippen molar-refractivity contribution in [2.75, 3.05) is 17.2 Å². The van der Waals surface area contributed by atoms with Crippen molar-refractivity contribution >= 4 is 17.3 Å². The lowest BCUT2D eigenvalue weighted by Gasteiger charge is -2.23. The van der Waals surface area contributed by atoms with E-state index < -0.39 is 0 Å². The maximum Gasteiger partial charge on any atom is 0.224 e. The zero-order chi connectivity index (χ0) is 14.5. The number of benzene rings is 1. The smallest absolute Gasteiger partial charge is 0.224 e. The minimum absolute atomic E-state index is 0.0472. The van der Waals surface area contributed by atoms with Gasteiger partial charge in [0.05, 0.1) is 0 Å². The third kappa shape index (κ3) is 3.31. The van der Waals surface area contributed by atoms with E-state index >= 15 is 0 Å². The summed E-state index contributed by atoms with van der Waals surface area (Å²) in [6.45, 7) is 4.64. The van der Waals surface area contributed by atoms with Gasteiger partial charge >= 0.3 is 0 Å². The van der Waals surface area contributed by atoms with Crippen LogP contribution in [-0.2, 0) is 4.79 Å². The number of nitrogens with two attached hydrogens (primary N) is 1. The van der Waals surface area contributed by atoms with Crippen LogP contribution in [0.2, 0.25) is 0 Å². The molecule has 1 aromatic rings. The van der Waals surface area contributed by atoms with E-state index in [-0.39, 0.29) is 5.91 Å². The molecule has 0 aliphatic heterocycles. The Bertz CT molecular complexity index is 473. The van der Waals surface area contributed by atoms with Crippen molar-refractivity contribution in [3.63, 3.8) is 0 Å². The minimum atomic E-state index is 0.0472. The van der Waals surface area contributed by atoms with Crippen LogP contribution in [0.25, 0.3) is 0 Å². The quantitative estimate of drug-likeness (QED) is 0.774. The minimum Gasteiger partial charge on any atom is -0.382 e. The SMILES string of the molecule is CCC(=O)Nc1cccc(NC2CCCC2CN)c1C. The molecule has 20 heavy (non-hydrogen) atoms. The standard InChI is InChI=1S/C16H25N3O/c1-3-16(20)19-14-8-5-7-13(11(14)2)18-15-9-4-6-12(15)10-17/h5,7-8,12,15,18H,3-4,6,9-10,17H2,1-2H3,(H,19,20). The highest BCUT2D eigenvalue weighted by molar-refractivity contribution is 5.92. The van der Waals surface area contributed by atoms with Gasteiger partial charge in [-0.1, -0.05) is 19.4 Å². The molecular weight excluding hydrogens is 250 g/mol. The van der Waals surface area contributed by atoms with Crippen LogP contribution in [0.1, 0.15) is 38.2 Å². The highest BCUT2D eigenvalue weighted by atomic mass is 16.1. The van der Waals surface area contributed by atoms with Crippen LogP contribution >= 0.6 is 0 Å². The predicted molar refractivity (Wildman–Crippen MR) is 83.9 cm³/mol. The Morgan fingerprint density at radius 3 is 2.80 bits per heavy atom. The lowest BCUT2D eigenvalue weighted by Crippen LogP contribution is -2.29. The van der Waals surface area contributed by atoms with E-state index in [1.807, 2.05) is 26.0 Å². The van der Waals surface area contributed by atoms with Gasteiger partial charge < -0.3 is 16.4 Å². The lowest BCUT2D eigenvalue weighted by atomic mass is 10.0. The number of hydrogen-bond acceptors (Lipinski definition) is 3. The van der Waals surface area contributed by atoms with Gasteiger partial charge in [0.2, 0.25) is 5.91 Å². The van der Waals surface area contributed by atoms with Crippen molar-refractivity contribution in [1.29, 1.82) is 0 Å². The highest BCUT2D eigenvalue weighted by Gasteiger charge is 2.26. The third-order valence-electron chi connectivity index (χ3n) is 4.23. The predicted octanol–water partition coefficient (Wildman–Crippen LogP) is 2.88. The first-order chi connectivity index (χ1) is 9.65. The molecule has 4 heteroatoms. The topological polar surface area (TPSA) is 67.2 Å². The molecule has 2 atom stereocenters. The van der Waals surface area contributed by atoms with Crippen molar-refractivity contribution in [2.45, 2.75) is 45.6 Å². The Morgan fingerprint density at radius 2 is 2.10 bits per heavy atom. The highest BCUT2D eigenvalue weighted by Crippen LogP contribution is 2.30. The molecule has 4 nitrogen and oxygen atoms in total. The second-order valence-corrected chi connectivity index (χ2v) is 5.56. The van der Waals surface area contributed by atoms with Crippen molar-refractivity contribution in [2.24, 2.45) is 11.7 Å². The summed E-state index contributed by atoms with van der Waals surface area (Å²) in [6.07, 6.45) is 4.12. The molecule has 0 saturated heterocycles. The fourth-order valence-electron chi connectivity index (χ4n) is 2.87. The Kier molecular flexibility index (Phi) is 5.01. The number of carbonyl (C=O) groups is 1. The molecule has 1 amide bonds. The molecule has 1 aromatic carbocycles. The first-order valence-corrected chi connectivity index (χ1v) is 7.51. The van der Waals surface area contributed by atoms with Crippen LogP contribution in [0, 0.1) is 12.8 Å². The third-order valence-corrected chi connectivity index (χ3v) is 4.23. The largest absolute Gasteiger partial charge is 0.382 e. The van der Waals surface area contributed by atoms with Crippen LogP contribution in [0.5, 0.6) is 0 Å². The molecule has 1 aliphatic carbocycles. The van der Waals surface area contributed by atoms with Crippen LogP contribution in [0.3, 0.4) is 0 Å². The second-order valence-electron chi connectivity index (χ2n) is 5.56. The maximum absolute atomic E-state index is 11.5. The van der Waals surface area contributed by atoms with Crippen molar-refractivity contribution < 1.29 is 4.79 Å². The number of amides is 1. The van der Waals surface area contributed by atoms with Crippen LogP contribution in [0.4, 0.5) is 11.4 Å². The van der Waals surface area contributed by atoms with Crippen molar-refractivity contribution in [3.8, 4) is 0 Å². The summed E-state index contributed by atoms with van der Waals surface area (Å²) in [6, 6.07) is 6.45. The summed E-state index contributed by atoms with van der Waals surface area (Å²) in [7, 11) is 0. The Balaban J connectivity index is 2.12. The maximum atomic E-state index is 11.5. The van der Waals surface area contributed by atoms with E-state index in [1.54, 1.807) is 0 Å².